The average Bonchev–Trinajstić information content (AvgIpc) is 3.28. The first-order valence-electron chi connectivity index (χ1n) is 14.1. The van der Waals surface area contributed by atoms with Crippen molar-refractivity contribution in [2.24, 2.45) is 11.8 Å². The maximum Gasteiger partial charge on any atom is 0.273 e. The summed E-state index contributed by atoms with van der Waals surface area (Å²) in [5, 5.41) is 2.36. The lowest BCUT2D eigenvalue weighted by atomic mass is 9.55. The van der Waals surface area contributed by atoms with Crippen molar-refractivity contribution >= 4 is 46.7 Å². The molecular formula is C35H26Cl2N2O4. The van der Waals surface area contributed by atoms with Gasteiger partial charge in [0.2, 0.25) is 0 Å². The molecule has 0 unspecified atom stereocenters. The van der Waals surface area contributed by atoms with Crippen LogP contribution in [0.2, 0.25) is 10.0 Å². The van der Waals surface area contributed by atoms with Gasteiger partial charge in [0.05, 0.1) is 21.9 Å². The highest BCUT2D eigenvalue weighted by molar-refractivity contribution is 6.42. The Morgan fingerprint density at radius 2 is 1.16 bits per heavy atom. The van der Waals surface area contributed by atoms with Crippen molar-refractivity contribution in [1.29, 1.82) is 0 Å². The van der Waals surface area contributed by atoms with Crippen molar-refractivity contribution in [1.82, 2.24) is 10.0 Å². The zero-order valence-electron chi connectivity index (χ0n) is 23.3. The van der Waals surface area contributed by atoms with Gasteiger partial charge in [0.25, 0.3) is 17.7 Å². The number of imide groups is 1. The van der Waals surface area contributed by atoms with E-state index in [1.807, 2.05) is 55.5 Å². The molecule has 0 N–H and O–H groups in total. The summed E-state index contributed by atoms with van der Waals surface area (Å²) in [5.41, 5.74) is 5.49. The molecule has 4 aromatic carbocycles. The molecule has 2 bridgehead atoms. The van der Waals surface area contributed by atoms with Gasteiger partial charge in [-0.05, 0) is 54.3 Å². The van der Waals surface area contributed by atoms with E-state index in [-0.39, 0.29) is 27.4 Å². The van der Waals surface area contributed by atoms with Gasteiger partial charge in [0.1, 0.15) is 6.04 Å². The van der Waals surface area contributed by atoms with Gasteiger partial charge >= 0.3 is 0 Å². The second kappa shape index (κ2) is 10.2. The fourth-order valence-electron chi connectivity index (χ4n) is 7.15. The molecule has 0 spiro atoms. The standard InChI is InChI=1S/C35H26Cl2N2O4/c1-18-11-13-20(14-12-18)32(40)19(2)38(33(41)21-15-16-26(36)27(37)17-21)39-34(42)30-28-22-7-3-4-8-23(22)29(31(30)35(39)43)25-10-6-5-9-24(25)28/h3-17,19,28-31H,1-2H3/t19-,28?,29?,30+,31+/m0/s1. The number of benzene rings is 4. The van der Waals surface area contributed by atoms with Crippen LogP contribution in [0, 0.1) is 18.8 Å². The number of halogens is 2. The Kier molecular flexibility index (Phi) is 6.53. The number of carbonyl (C=O) groups is 4. The van der Waals surface area contributed by atoms with Crippen molar-refractivity contribution in [3.8, 4) is 0 Å². The predicted octanol–water partition coefficient (Wildman–Crippen LogP) is 6.82. The monoisotopic (exact) mass is 608 g/mol. The van der Waals surface area contributed by atoms with Gasteiger partial charge in [-0.15, -0.1) is 0 Å². The van der Waals surface area contributed by atoms with Gasteiger partial charge in [-0.25, -0.2) is 5.01 Å². The van der Waals surface area contributed by atoms with E-state index >= 15 is 0 Å². The minimum atomic E-state index is -1.18. The van der Waals surface area contributed by atoms with E-state index in [0.29, 0.717) is 5.56 Å². The lowest BCUT2D eigenvalue weighted by Crippen LogP contribution is -2.56. The van der Waals surface area contributed by atoms with Gasteiger partial charge in [0, 0.05) is 23.0 Å². The van der Waals surface area contributed by atoms with E-state index in [9.17, 15) is 19.2 Å². The largest absolute Gasteiger partial charge is 0.292 e. The van der Waals surface area contributed by atoms with Crippen LogP contribution in [-0.2, 0) is 9.59 Å². The number of ketones is 1. The number of amides is 3. The number of hydrogen-bond donors (Lipinski definition) is 0. The van der Waals surface area contributed by atoms with E-state index in [0.717, 1.165) is 37.8 Å². The Morgan fingerprint density at radius 1 is 0.698 bits per heavy atom. The zero-order valence-corrected chi connectivity index (χ0v) is 24.8. The number of aryl methyl sites for hydroxylation is 1. The van der Waals surface area contributed by atoms with Gasteiger partial charge < -0.3 is 0 Å². The fourth-order valence-corrected chi connectivity index (χ4v) is 7.44. The highest BCUT2D eigenvalue weighted by atomic mass is 35.5. The molecule has 4 aromatic rings. The fraction of sp³-hybridized carbons (Fsp3) is 0.200. The van der Waals surface area contributed by atoms with E-state index in [4.69, 9.17) is 23.2 Å². The first-order chi connectivity index (χ1) is 20.7. The number of hydrazine groups is 1. The van der Waals surface area contributed by atoms with Crippen LogP contribution in [0.1, 0.15) is 67.3 Å². The second-order valence-corrected chi connectivity index (χ2v) is 12.3. The minimum Gasteiger partial charge on any atom is -0.292 e. The lowest BCUT2D eigenvalue weighted by molar-refractivity contribution is -0.156. The number of Topliss-reactive ketones (excluding diaryl/α,β-unsaturated/α-hetero) is 1. The van der Waals surface area contributed by atoms with Crippen LogP contribution in [0.25, 0.3) is 0 Å². The maximum atomic E-state index is 14.5. The van der Waals surface area contributed by atoms with Gasteiger partial charge in [-0.3, -0.25) is 19.2 Å². The molecule has 214 valence electrons. The molecule has 0 saturated carbocycles. The van der Waals surface area contributed by atoms with Crippen LogP contribution in [0.3, 0.4) is 0 Å². The van der Waals surface area contributed by atoms with Crippen molar-refractivity contribution in [3.05, 3.63) is 140 Å². The van der Waals surface area contributed by atoms with E-state index in [2.05, 4.69) is 0 Å². The molecule has 4 aliphatic rings. The van der Waals surface area contributed by atoms with Crippen LogP contribution in [0.4, 0.5) is 0 Å². The van der Waals surface area contributed by atoms with Gasteiger partial charge in [-0.2, -0.15) is 5.01 Å². The van der Waals surface area contributed by atoms with Crippen molar-refractivity contribution < 1.29 is 19.2 Å². The van der Waals surface area contributed by atoms with Crippen LogP contribution >= 0.6 is 23.2 Å². The summed E-state index contributed by atoms with van der Waals surface area (Å²) >= 11 is 12.4. The van der Waals surface area contributed by atoms with E-state index in [1.54, 1.807) is 24.3 Å². The SMILES string of the molecule is Cc1ccc(C(=O)[C@H](C)N(C(=O)c2ccc(Cl)c(Cl)c2)N2C(=O)[C@@H]3C4c5ccccc5C(c5ccccc54)[C@H]3C2=O)cc1. The van der Waals surface area contributed by atoms with Crippen molar-refractivity contribution in [3.63, 3.8) is 0 Å². The van der Waals surface area contributed by atoms with Gasteiger partial charge in [0.15, 0.2) is 5.78 Å². The summed E-state index contributed by atoms with van der Waals surface area (Å²) in [4.78, 5) is 57.1. The summed E-state index contributed by atoms with van der Waals surface area (Å²) in [6, 6.07) is 25.9. The molecule has 8 rings (SSSR count). The molecule has 8 heteroatoms. The van der Waals surface area contributed by atoms with Crippen LogP contribution in [0.15, 0.2) is 91.0 Å². The molecule has 0 aromatic heterocycles. The summed E-state index contributed by atoms with van der Waals surface area (Å²) in [5.74, 6) is -4.23. The van der Waals surface area contributed by atoms with Crippen LogP contribution in [0.5, 0.6) is 0 Å². The normalized spacial score (nSPS) is 22.1. The first kappa shape index (κ1) is 27.6. The van der Waals surface area contributed by atoms with E-state index in [1.165, 1.54) is 25.1 Å². The van der Waals surface area contributed by atoms with E-state index < -0.39 is 41.4 Å². The Balaban J connectivity index is 1.36. The Hall–Kier alpha value is -4.26. The average molecular weight is 610 g/mol. The van der Waals surface area contributed by atoms with Crippen molar-refractivity contribution in [2.75, 3.05) is 0 Å². The van der Waals surface area contributed by atoms with Crippen LogP contribution in [-0.4, -0.2) is 39.6 Å². The number of nitrogens with zero attached hydrogens (tertiary/aromatic N) is 2. The molecular weight excluding hydrogens is 583 g/mol. The molecule has 1 fully saturated rings. The van der Waals surface area contributed by atoms with Crippen molar-refractivity contribution in [2.45, 2.75) is 31.7 Å². The third-order valence-electron chi connectivity index (χ3n) is 9.10. The molecule has 1 saturated heterocycles. The summed E-state index contributed by atoms with van der Waals surface area (Å²) in [6.07, 6.45) is 0. The van der Waals surface area contributed by atoms with Gasteiger partial charge in [-0.1, -0.05) is 102 Å². The zero-order chi connectivity index (χ0) is 30.2. The lowest BCUT2D eigenvalue weighted by Gasteiger charge is -2.45. The quantitative estimate of drug-likeness (QED) is 0.184. The molecule has 1 aliphatic heterocycles. The molecule has 3 aliphatic carbocycles. The summed E-state index contributed by atoms with van der Waals surface area (Å²) in [6.45, 7) is 3.45. The smallest absolute Gasteiger partial charge is 0.273 e. The first-order valence-corrected chi connectivity index (χ1v) is 14.9. The second-order valence-electron chi connectivity index (χ2n) is 11.4. The highest BCUT2D eigenvalue weighted by Crippen LogP contribution is 2.61. The number of hydrogen-bond acceptors (Lipinski definition) is 4. The molecule has 3 amide bonds. The third kappa shape index (κ3) is 4.08. The third-order valence-corrected chi connectivity index (χ3v) is 9.84. The Labute approximate surface area is 258 Å². The highest BCUT2D eigenvalue weighted by Gasteiger charge is 2.63. The number of carbonyl (C=O) groups excluding carboxylic acids is 4. The Morgan fingerprint density at radius 3 is 1.63 bits per heavy atom. The number of rotatable bonds is 5. The predicted molar refractivity (Wildman–Crippen MR) is 163 cm³/mol. The molecule has 1 heterocycles. The summed E-state index contributed by atoms with van der Waals surface area (Å²) < 4.78 is 0. The Bertz CT molecular complexity index is 1740. The summed E-state index contributed by atoms with van der Waals surface area (Å²) in [7, 11) is 0. The topological polar surface area (TPSA) is 74.8 Å². The molecule has 3 atom stereocenters. The van der Waals surface area contributed by atoms with Crippen LogP contribution < -0.4 is 0 Å². The maximum absolute atomic E-state index is 14.5. The molecule has 0 radical (unpaired) electrons. The molecule has 6 nitrogen and oxygen atoms in total. The molecule has 43 heavy (non-hydrogen) atoms. The minimum absolute atomic E-state index is 0.1000.